The third-order valence-electron chi connectivity index (χ3n) is 3.56. The van der Waals surface area contributed by atoms with Crippen molar-refractivity contribution in [2.24, 2.45) is 5.92 Å². The first-order valence-electron chi connectivity index (χ1n) is 6.24. The molecular formula is C14H14BNO2. The molecule has 0 saturated carbocycles. The number of benzene rings is 1. The molecule has 0 atom stereocenters. The Morgan fingerprint density at radius 3 is 2.89 bits per heavy atom. The minimum absolute atomic E-state index is 0.0929. The molecule has 1 saturated heterocycles. The summed E-state index contributed by atoms with van der Waals surface area (Å²) in [7, 11) is 5.73. The van der Waals surface area contributed by atoms with Crippen LogP contribution in [-0.2, 0) is 4.74 Å². The Kier molecular flexibility index (Phi) is 2.96. The highest BCUT2D eigenvalue weighted by molar-refractivity contribution is 6.33. The van der Waals surface area contributed by atoms with Crippen molar-refractivity contribution < 1.29 is 9.53 Å². The number of aromatic nitrogens is 1. The lowest BCUT2D eigenvalue weighted by molar-refractivity contribution is 0.0546. The van der Waals surface area contributed by atoms with Crippen molar-refractivity contribution in [3.8, 4) is 0 Å². The molecule has 0 aliphatic carbocycles. The van der Waals surface area contributed by atoms with Crippen molar-refractivity contribution in [2.75, 3.05) is 13.2 Å². The van der Waals surface area contributed by atoms with Crippen molar-refractivity contribution >= 4 is 30.0 Å². The van der Waals surface area contributed by atoms with E-state index >= 15 is 0 Å². The lowest BCUT2D eigenvalue weighted by Crippen LogP contribution is -2.23. The molecule has 1 N–H and O–H groups in total. The Bertz CT molecular complexity index is 584. The summed E-state index contributed by atoms with van der Waals surface area (Å²) < 4.78 is 5.29. The highest BCUT2D eigenvalue weighted by atomic mass is 16.5. The summed E-state index contributed by atoms with van der Waals surface area (Å²) in [5.41, 5.74) is 2.40. The summed E-state index contributed by atoms with van der Waals surface area (Å²) in [6, 6.07) is 5.60. The van der Waals surface area contributed by atoms with Crippen molar-refractivity contribution in [1.29, 1.82) is 0 Å². The number of hydrogen-bond donors (Lipinski definition) is 1. The smallest absolute Gasteiger partial charge is 0.168 e. The lowest BCUT2D eigenvalue weighted by Gasteiger charge is -2.20. The Balaban J connectivity index is 1.96. The van der Waals surface area contributed by atoms with Gasteiger partial charge in [-0.25, -0.2) is 0 Å². The van der Waals surface area contributed by atoms with E-state index in [1.165, 1.54) is 0 Å². The SMILES string of the molecule is [B]c1ccc2c(C(=O)C3CCOCC3)c[nH]c2c1. The van der Waals surface area contributed by atoms with Crippen LogP contribution in [0.25, 0.3) is 10.9 Å². The normalized spacial score (nSPS) is 17.1. The number of aromatic amines is 1. The zero-order chi connectivity index (χ0) is 12.5. The second-order valence-corrected chi connectivity index (χ2v) is 4.76. The van der Waals surface area contributed by atoms with E-state index in [1.54, 1.807) is 6.20 Å². The van der Waals surface area contributed by atoms with Gasteiger partial charge in [0, 0.05) is 41.8 Å². The van der Waals surface area contributed by atoms with E-state index in [-0.39, 0.29) is 11.7 Å². The van der Waals surface area contributed by atoms with Crippen LogP contribution >= 0.6 is 0 Å². The van der Waals surface area contributed by atoms with Crippen LogP contribution in [0, 0.1) is 5.92 Å². The minimum atomic E-state index is 0.0929. The van der Waals surface area contributed by atoms with Crippen LogP contribution in [0.2, 0.25) is 0 Å². The van der Waals surface area contributed by atoms with Gasteiger partial charge in [0.25, 0.3) is 0 Å². The summed E-state index contributed by atoms with van der Waals surface area (Å²) in [6.07, 6.45) is 3.43. The lowest BCUT2D eigenvalue weighted by atomic mass is 9.89. The van der Waals surface area contributed by atoms with Gasteiger partial charge in [0.15, 0.2) is 5.78 Å². The van der Waals surface area contributed by atoms with E-state index in [1.807, 2.05) is 18.2 Å². The van der Waals surface area contributed by atoms with Crippen LogP contribution in [-0.4, -0.2) is 31.8 Å². The number of carbonyl (C=O) groups excluding carboxylic acids is 1. The number of fused-ring (bicyclic) bond motifs is 1. The van der Waals surface area contributed by atoms with E-state index in [0.717, 1.165) is 29.3 Å². The number of ketones is 1. The highest BCUT2D eigenvalue weighted by Gasteiger charge is 2.24. The minimum Gasteiger partial charge on any atom is -0.381 e. The third kappa shape index (κ3) is 1.97. The molecule has 1 aromatic heterocycles. The fraction of sp³-hybridized carbons (Fsp3) is 0.357. The predicted octanol–water partition coefficient (Wildman–Crippen LogP) is 1.57. The molecule has 4 heteroatoms. The number of ether oxygens (including phenoxy) is 1. The summed E-state index contributed by atoms with van der Waals surface area (Å²) >= 11 is 0. The topological polar surface area (TPSA) is 42.1 Å². The first-order chi connectivity index (χ1) is 8.75. The van der Waals surface area contributed by atoms with Crippen molar-refractivity contribution in [1.82, 2.24) is 4.98 Å². The maximum absolute atomic E-state index is 12.5. The van der Waals surface area contributed by atoms with Gasteiger partial charge in [0.05, 0.1) is 0 Å². The maximum atomic E-state index is 12.5. The number of Topliss-reactive ketones (excluding diaryl/α,β-unsaturated/α-hetero) is 1. The molecule has 2 radical (unpaired) electrons. The summed E-state index contributed by atoms with van der Waals surface area (Å²) in [4.78, 5) is 15.6. The average molecular weight is 239 g/mol. The molecule has 1 aliphatic heterocycles. The molecule has 2 aromatic rings. The standard InChI is InChI=1S/C14H14BNO2/c15-10-1-2-11-12(8-16-13(11)7-10)14(17)9-3-5-18-6-4-9/h1-2,7-9,16H,3-6H2. The molecular weight excluding hydrogens is 225 g/mol. The van der Waals surface area contributed by atoms with Gasteiger partial charge >= 0.3 is 0 Å². The van der Waals surface area contributed by atoms with E-state index in [2.05, 4.69) is 4.98 Å². The highest BCUT2D eigenvalue weighted by Crippen LogP contribution is 2.25. The Hall–Kier alpha value is -1.55. The van der Waals surface area contributed by atoms with Gasteiger partial charge in [-0.05, 0) is 18.9 Å². The van der Waals surface area contributed by atoms with Gasteiger partial charge in [-0.15, -0.1) is 0 Å². The first kappa shape index (κ1) is 11.5. The number of hydrogen-bond acceptors (Lipinski definition) is 2. The second-order valence-electron chi connectivity index (χ2n) is 4.76. The fourth-order valence-corrected chi connectivity index (χ4v) is 2.53. The molecule has 1 fully saturated rings. The average Bonchev–Trinajstić information content (AvgIpc) is 2.81. The van der Waals surface area contributed by atoms with Crippen LogP contribution in [0.3, 0.4) is 0 Å². The van der Waals surface area contributed by atoms with Gasteiger partial charge in [-0.1, -0.05) is 17.6 Å². The third-order valence-corrected chi connectivity index (χ3v) is 3.56. The Morgan fingerprint density at radius 1 is 1.33 bits per heavy atom. The van der Waals surface area contributed by atoms with Gasteiger partial charge < -0.3 is 9.72 Å². The van der Waals surface area contributed by atoms with Crippen LogP contribution in [0.4, 0.5) is 0 Å². The van der Waals surface area contributed by atoms with E-state index in [9.17, 15) is 4.79 Å². The number of rotatable bonds is 2. The summed E-state index contributed by atoms with van der Waals surface area (Å²) in [6.45, 7) is 1.37. The molecule has 1 aliphatic rings. The van der Waals surface area contributed by atoms with Crippen molar-refractivity contribution in [3.63, 3.8) is 0 Å². The monoisotopic (exact) mass is 239 g/mol. The van der Waals surface area contributed by atoms with Crippen LogP contribution in [0.5, 0.6) is 0 Å². The predicted molar refractivity (Wildman–Crippen MR) is 71.6 cm³/mol. The molecule has 2 heterocycles. The summed E-state index contributed by atoms with van der Waals surface area (Å²) in [5, 5.41) is 0.959. The quantitative estimate of drug-likeness (QED) is 0.638. The van der Waals surface area contributed by atoms with Crippen LogP contribution in [0.1, 0.15) is 23.2 Å². The fourth-order valence-electron chi connectivity index (χ4n) is 2.53. The van der Waals surface area contributed by atoms with Gasteiger partial charge in [0.1, 0.15) is 7.85 Å². The number of H-pyrrole nitrogens is 1. The Morgan fingerprint density at radius 2 is 2.11 bits per heavy atom. The molecule has 1 aromatic carbocycles. The molecule has 18 heavy (non-hydrogen) atoms. The number of nitrogens with one attached hydrogen (secondary N) is 1. The van der Waals surface area contributed by atoms with Crippen molar-refractivity contribution in [3.05, 3.63) is 30.0 Å². The van der Waals surface area contributed by atoms with Gasteiger partial charge in [0.2, 0.25) is 0 Å². The van der Waals surface area contributed by atoms with Gasteiger partial charge in [-0.2, -0.15) is 0 Å². The van der Waals surface area contributed by atoms with Crippen LogP contribution < -0.4 is 5.46 Å². The second kappa shape index (κ2) is 4.61. The Labute approximate surface area is 107 Å². The largest absolute Gasteiger partial charge is 0.381 e. The van der Waals surface area contributed by atoms with E-state index in [4.69, 9.17) is 12.6 Å². The zero-order valence-corrected chi connectivity index (χ0v) is 10.1. The summed E-state index contributed by atoms with van der Waals surface area (Å²) in [5.74, 6) is 0.310. The first-order valence-corrected chi connectivity index (χ1v) is 6.24. The molecule has 0 amide bonds. The zero-order valence-electron chi connectivity index (χ0n) is 10.1. The number of carbonyl (C=O) groups is 1. The molecule has 3 nitrogen and oxygen atoms in total. The molecule has 0 spiro atoms. The molecule has 0 unspecified atom stereocenters. The van der Waals surface area contributed by atoms with Crippen molar-refractivity contribution in [2.45, 2.75) is 12.8 Å². The molecule has 3 rings (SSSR count). The molecule has 90 valence electrons. The van der Waals surface area contributed by atoms with Crippen LogP contribution in [0.15, 0.2) is 24.4 Å². The maximum Gasteiger partial charge on any atom is 0.168 e. The van der Waals surface area contributed by atoms with E-state index in [0.29, 0.717) is 18.7 Å². The van der Waals surface area contributed by atoms with Gasteiger partial charge in [-0.3, -0.25) is 4.79 Å². The van der Waals surface area contributed by atoms with E-state index < -0.39 is 0 Å². The molecule has 0 bridgehead atoms.